The van der Waals surface area contributed by atoms with Crippen molar-refractivity contribution >= 4 is 5.84 Å². The third-order valence-corrected chi connectivity index (χ3v) is 3.29. The van der Waals surface area contributed by atoms with Gasteiger partial charge in [0.1, 0.15) is 12.4 Å². The highest BCUT2D eigenvalue weighted by molar-refractivity contribution is 5.96. The van der Waals surface area contributed by atoms with Gasteiger partial charge in [-0.2, -0.15) is 0 Å². The van der Waals surface area contributed by atoms with Gasteiger partial charge in [0.25, 0.3) is 0 Å². The van der Waals surface area contributed by atoms with E-state index >= 15 is 0 Å². The summed E-state index contributed by atoms with van der Waals surface area (Å²) in [5.74, 6) is 1.45. The molecule has 0 aliphatic heterocycles. The standard InChI is InChI=1S/C17H20N2O2/c1-12(2)15-4-3-5-16(10-15)21-11-13-6-8-14(9-7-13)17(18)19-20/h3-10,12,20H,11H2,1-2H3,(H2,18,19). The second-order valence-corrected chi connectivity index (χ2v) is 5.20. The molecule has 110 valence electrons. The molecule has 0 saturated carbocycles. The molecule has 0 aliphatic carbocycles. The normalized spacial score (nSPS) is 11.7. The number of rotatable bonds is 5. The molecule has 0 amide bonds. The van der Waals surface area contributed by atoms with Crippen molar-refractivity contribution in [2.24, 2.45) is 10.9 Å². The monoisotopic (exact) mass is 284 g/mol. The lowest BCUT2D eigenvalue weighted by Crippen LogP contribution is -2.12. The molecule has 0 atom stereocenters. The maximum absolute atomic E-state index is 8.62. The molecule has 4 heteroatoms. The molecule has 0 fully saturated rings. The van der Waals surface area contributed by atoms with E-state index in [1.54, 1.807) is 12.1 Å². The van der Waals surface area contributed by atoms with Crippen LogP contribution in [0.5, 0.6) is 5.75 Å². The van der Waals surface area contributed by atoms with Crippen molar-refractivity contribution in [1.29, 1.82) is 0 Å². The molecule has 0 bridgehead atoms. The molecule has 3 N–H and O–H groups in total. The van der Waals surface area contributed by atoms with E-state index in [0.717, 1.165) is 11.3 Å². The van der Waals surface area contributed by atoms with Gasteiger partial charge in [0.2, 0.25) is 0 Å². The van der Waals surface area contributed by atoms with Crippen molar-refractivity contribution in [3.8, 4) is 5.75 Å². The molecular weight excluding hydrogens is 264 g/mol. The van der Waals surface area contributed by atoms with Gasteiger partial charge in [-0.05, 0) is 29.2 Å². The Morgan fingerprint density at radius 3 is 2.52 bits per heavy atom. The Labute approximate surface area is 124 Å². The van der Waals surface area contributed by atoms with Crippen LogP contribution in [0.3, 0.4) is 0 Å². The van der Waals surface area contributed by atoms with Crippen LogP contribution in [-0.4, -0.2) is 11.0 Å². The van der Waals surface area contributed by atoms with Gasteiger partial charge in [0.15, 0.2) is 5.84 Å². The molecule has 2 aromatic carbocycles. The molecule has 0 radical (unpaired) electrons. The Kier molecular flexibility index (Phi) is 4.82. The summed E-state index contributed by atoms with van der Waals surface area (Å²) in [5.41, 5.74) is 8.49. The van der Waals surface area contributed by atoms with E-state index in [1.165, 1.54) is 5.56 Å². The maximum atomic E-state index is 8.62. The van der Waals surface area contributed by atoms with Crippen LogP contribution in [0.25, 0.3) is 0 Å². The fraction of sp³-hybridized carbons (Fsp3) is 0.235. The fourth-order valence-electron chi connectivity index (χ4n) is 1.96. The van der Waals surface area contributed by atoms with E-state index in [2.05, 4.69) is 31.1 Å². The number of hydrogen-bond donors (Lipinski definition) is 2. The summed E-state index contributed by atoms with van der Waals surface area (Å²) < 4.78 is 5.80. The average molecular weight is 284 g/mol. The van der Waals surface area contributed by atoms with Crippen molar-refractivity contribution in [1.82, 2.24) is 0 Å². The molecule has 0 saturated heterocycles. The van der Waals surface area contributed by atoms with E-state index in [1.807, 2.05) is 24.3 Å². The number of oxime groups is 1. The quantitative estimate of drug-likeness (QED) is 0.382. The SMILES string of the molecule is CC(C)c1cccc(OCc2ccc(/C(N)=N/O)cc2)c1. The van der Waals surface area contributed by atoms with Gasteiger partial charge in [-0.3, -0.25) is 0 Å². The van der Waals surface area contributed by atoms with Crippen LogP contribution in [0.2, 0.25) is 0 Å². The average Bonchev–Trinajstić information content (AvgIpc) is 2.53. The Hall–Kier alpha value is -2.49. The van der Waals surface area contributed by atoms with E-state index in [4.69, 9.17) is 15.7 Å². The first-order chi connectivity index (χ1) is 10.1. The number of nitrogens with zero attached hydrogens (tertiary/aromatic N) is 1. The van der Waals surface area contributed by atoms with Gasteiger partial charge >= 0.3 is 0 Å². The summed E-state index contributed by atoms with van der Waals surface area (Å²) in [7, 11) is 0. The predicted octanol–water partition coefficient (Wildman–Crippen LogP) is 3.48. The minimum absolute atomic E-state index is 0.104. The molecular formula is C17H20N2O2. The highest BCUT2D eigenvalue weighted by Crippen LogP contribution is 2.21. The highest BCUT2D eigenvalue weighted by atomic mass is 16.5. The van der Waals surface area contributed by atoms with Crippen LogP contribution in [0.1, 0.15) is 36.5 Å². The number of benzene rings is 2. The van der Waals surface area contributed by atoms with Crippen molar-refractivity contribution in [2.75, 3.05) is 0 Å². The molecule has 0 unspecified atom stereocenters. The van der Waals surface area contributed by atoms with Gasteiger partial charge in [-0.15, -0.1) is 0 Å². The zero-order chi connectivity index (χ0) is 15.2. The van der Waals surface area contributed by atoms with Crippen LogP contribution in [0.15, 0.2) is 53.7 Å². The predicted molar refractivity (Wildman–Crippen MR) is 83.8 cm³/mol. The number of ether oxygens (including phenoxy) is 1. The molecule has 0 spiro atoms. The maximum Gasteiger partial charge on any atom is 0.170 e. The van der Waals surface area contributed by atoms with Crippen LogP contribution in [-0.2, 0) is 6.61 Å². The first kappa shape index (κ1) is 14.9. The second-order valence-electron chi connectivity index (χ2n) is 5.20. The summed E-state index contributed by atoms with van der Waals surface area (Å²) in [6, 6.07) is 15.5. The van der Waals surface area contributed by atoms with E-state index < -0.39 is 0 Å². The Morgan fingerprint density at radius 2 is 1.90 bits per heavy atom. The zero-order valence-corrected chi connectivity index (χ0v) is 12.3. The Balaban J connectivity index is 2.01. The van der Waals surface area contributed by atoms with Crippen molar-refractivity contribution < 1.29 is 9.94 Å². The minimum Gasteiger partial charge on any atom is -0.489 e. The first-order valence-electron chi connectivity index (χ1n) is 6.89. The molecule has 0 aliphatic rings. The lowest BCUT2D eigenvalue weighted by molar-refractivity contribution is 0.306. The van der Waals surface area contributed by atoms with Crippen molar-refractivity contribution in [3.05, 3.63) is 65.2 Å². The van der Waals surface area contributed by atoms with Gasteiger partial charge < -0.3 is 15.7 Å². The van der Waals surface area contributed by atoms with E-state index in [-0.39, 0.29) is 5.84 Å². The summed E-state index contributed by atoms with van der Waals surface area (Å²) in [6.07, 6.45) is 0. The molecule has 0 heterocycles. The van der Waals surface area contributed by atoms with Gasteiger partial charge in [0, 0.05) is 5.56 Å². The zero-order valence-electron chi connectivity index (χ0n) is 12.3. The van der Waals surface area contributed by atoms with E-state index in [0.29, 0.717) is 18.1 Å². The summed E-state index contributed by atoms with van der Waals surface area (Å²) >= 11 is 0. The van der Waals surface area contributed by atoms with E-state index in [9.17, 15) is 0 Å². The minimum atomic E-state index is 0.104. The molecule has 21 heavy (non-hydrogen) atoms. The van der Waals surface area contributed by atoms with Crippen LogP contribution >= 0.6 is 0 Å². The third kappa shape index (κ3) is 3.99. The topological polar surface area (TPSA) is 67.8 Å². The number of amidine groups is 1. The molecule has 4 nitrogen and oxygen atoms in total. The Morgan fingerprint density at radius 1 is 1.19 bits per heavy atom. The first-order valence-corrected chi connectivity index (χ1v) is 6.89. The lowest BCUT2D eigenvalue weighted by atomic mass is 10.0. The van der Waals surface area contributed by atoms with Crippen molar-refractivity contribution in [2.45, 2.75) is 26.4 Å². The van der Waals surface area contributed by atoms with Gasteiger partial charge in [-0.25, -0.2) is 0 Å². The number of hydrogen-bond acceptors (Lipinski definition) is 3. The summed E-state index contributed by atoms with van der Waals surface area (Å²) in [6.45, 7) is 4.80. The largest absolute Gasteiger partial charge is 0.489 e. The van der Waals surface area contributed by atoms with Crippen LogP contribution in [0.4, 0.5) is 0 Å². The summed E-state index contributed by atoms with van der Waals surface area (Å²) in [4.78, 5) is 0. The second kappa shape index (κ2) is 6.79. The highest BCUT2D eigenvalue weighted by Gasteiger charge is 2.03. The summed E-state index contributed by atoms with van der Waals surface area (Å²) in [5, 5.41) is 11.6. The molecule has 0 aromatic heterocycles. The van der Waals surface area contributed by atoms with Gasteiger partial charge in [-0.1, -0.05) is 55.4 Å². The fourth-order valence-corrected chi connectivity index (χ4v) is 1.96. The van der Waals surface area contributed by atoms with Crippen LogP contribution < -0.4 is 10.5 Å². The molecule has 2 aromatic rings. The smallest absolute Gasteiger partial charge is 0.170 e. The number of nitrogens with two attached hydrogens (primary N) is 1. The Bertz CT molecular complexity index is 619. The lowest BCUT2D eigenvalue weighted by Gasteiger charge is -2.10. The van der Waals surface area contributed by atoms with Crippen molar-refractivity contribution in [3.63, 3.8) is 0 Å². The van der Waals surface area contributed by atoms with Crippen LogP contribution in [0, 0.1) is 0 Å². The third-order valence-electron chi connectivity index (χ3n) is 3.29. The molecule has 2 rings (SSSR count). The van der Waals surface area contributed by atoms with Gasteiger partial charge in [0.05, 0.1) is 0 Å².